The summed E-state index contributed by atoms with van der Waals surface area (Å²) >= 11 is 0. The molecule has 0 radical (unpaired) electrons. The molecule has 142 valence electrons. The number of hydrogen-bond acceptors (Lipinski definition) is 7. The van der Waals surface area contributed by atoms with Gasteiger partial charge in [0.05, 0.1) is 12.2 Å². The SMILES string of the molecule is CC(=O)N(CCc1noc(C2CC2)n1)C1CCN(C(=O)c2cnccn2)C1. The lowest BCUT2D eigenvalue weighted by atomic mass is 10.2. The fraction of sp³-hybridized carbons (Fsp3) is 0.556. The van der Waals surface area contributed by atoms with Gasteiger partial charge in [-0.15, -0.1) is 0 Å². The number of carbonyl (C=O) groups excluding carboxylic acids is 2. The van der Waals surface area contributed by atoms with Crippen LogP contribution in [0.3, 0.4) is 0 Å². The Morgan fingerprint density at radius 2 is 2.15 bits per heavy atom. The minimum Gasteiger partial charge on any atom is -0.339 e. The second-order valence-electron chi connectivity index (χ2n) is 7.07. The van der Waals surface area contributed by atoms with Gasteiger partial charge in [0.15, 0.2) is 5.82 Å². The van der Waals surface area contributed by atoms with Crippen molar-refractivity contribution in [2.45, 2.75) is 44.6 Å². The summed E-state index contributed by atoms with van der Waals surface area (Å²) in [5.74, 6) is 1.60. The molecule has 1 atom stereocenters. The van der Waals surface area contributed by atoms with Crippen molar-refractivity contribution in [3.8, 4) is 0 Å². The Morgan fingerprint density at radius 3 is 2.85 bits per heavy atom. The average molecular weight is 370 g/mol. The molecule has 1 saturated carbocycles. The molecule has 27 heavy (non-hydrogen) atoms. The number of likely N-dealkylation sites (tertiary alicyclic amines) is 1. The van der Waals surface area contributed by atoms with Crippen molar-refractivity contribution in [1.29, 1.82) is 0 Å². The van der Waals surface area contributed by atoms with Crippen LogP contribution in [-0.4, -0.2) is 67.4 Å². The molecule has 0 bridgehead atoms. The maximum absolute atomic E-state index is 12.5. The van der Waals surface area contributed by atoms with Crippen molar-refractivity contribution in [3.05, 3.63) is 36.0 Å². The zero-order valence-electron chi connectivity index (χ0n) is 15.2. The first kappa shape index (κ1) is 17.6. The Kier molecular flexibility index (Phi) is 4.83. The van der Waals surface area contributed by atoms with Gasteiger partial charge in [0, 0.05) is 51.3 Å². The standard InChI is InChI=1S/C18H22N6O3/c1-12(25)24(9-5-16-21-17(27-22-16)13-2-3-13)14-4-8-23(11-14)18(26)15-10-19-6-7-20-15/h6-7,10,13-14H,2-5,8-9,11H2,1H3. The average Bonchev–Trinajstić information content (AvgIpc) is 3.23. The van der Waals surface area contributed by atoms with Gasteiger partial charge in [-0.25, -0.2) is 4.98 Å². The summed E-state index contributed by atoms with van der Waals surface area (Å²) in [6, 6.07) is -0.0158. The van der Waals surface area contributed by atoms with Gasteiger partial charge >= 0.3 is 0 Å². The second-order valence-corrected chi connectivity index (χ2v) is 7.07. The lowest BCUT2D eigenvalue weighted by Gasteiger charge is -2.27. The monoisotopic (exact) mass is 370 g/mol. The van der Waals surface area contributed by atoms with Crippen LogP contribution >= 0.6 is 0 Å². The number of carbonyl (C=O) groups is 2. The Labute approximate surface area is 156 Å². The van der Waals surface area contributed by atoms with Gasteiger partial charge in [0.25, 0.3) is 5.91 Å². The molecule has 1 unspecified atom stereocenters. The molecule has 2 aromatic rings. The molecular weight excluding hydrogens is 348 g/mol. The van der Waals surface area contributed by atoms with E-state index < -0.39 is 0 Å². The van der Waals surface area contributed by atoms with Crippen LogP contribution in [0.15, 0.2) is 23.1 Å². The number of aromatic nitrogens is 4. The molecule has 0 spiro atoms. The van der Waals surface area contributed by atoms with E-state index in [0.717, 1.165) is 19.3 Å². The van der Waals surface area contributed by atoms with Crippen molar-refractivity contribution >= 4 is 11.8 Å². The molecule has 2 amide bonds. The highest BCUT2D eigenvalue weighted by Gasteiger charge is 2.33. The third-order valence-electron chi connectivity index (χ3n) is 5.06. The molecule has 0 N–H and O–H groups in total. The van der Waals surface area contributed by atoms with Crippen LogP contribution in [0.4, 0.5) is 0 Å². The summed E-state index contributed by atoms with van der Waals surface area (Å²) < 4.78 is 5.27. The van der Waals surface area contributed by atoms with Crippen molar-refractivity contribution in [2.24, 2.45) is 0 Å². The Bertz CT molecular complexity index is 820. The Hall–Kier alpha value is -2.84. The van der Waals surface area contributed by atoms with E-state index in [-0.39, 0.29) is 17.9 Å². The van der Waals surface area contributed by atoms with Crippen molar-refractivity contribution in [3.63, 3.8) is 0 Å². The van der Waals surface area contributed by atoms with Gasteiger partial charge in [-0.2, -0.15) is 4.98 Å². The predicted octanol–water partition coefficient (Wildman–Crippen LogP) is 1.04. The van der Waals surface area contributed by atoms with Crippen LogP contribution in [0.1, 0.15) is 54.3 Å². The molecule has 9 heteroatoms. The van der Waals surface area contributed by atoms with Crippen LogP contribution in [0.25, 0.3) is 0 Å². The maximum Gasteiger partial charge on any atom is 0.274 e. The van der Waals surface area contributed by atoms with Crippen LogP contribution in [0.5, 0.6) is 0 Å². The summed E-state index contributed by atoms with van der Waals surface area (Å²) in [7, 11) is 0. The second kappa shape index (κ2) is 7.42. The van der Waals surface area contributed by atoms with Gasteiger partial charge in [0.2, 0.25) is 11.8 Å². The van der Waals surface area contributed by atoms with E-state index in [0.29, 0.717) is 49.4 Å². The van der Waals surface area contributed by atoms with Gasteiger partial charge in [0.1, 0.15) is 5.69 Å². The maximum atomic E-state index is 12.5. The molecule has 3 heterocycles. The lowest BCUT2D eigenvalue weighted by molar-refractivity contribution is -0.130. The fourth-order valence-corrected chi connectivity index (χ4v) is 3.43. The normalized spacial score (nSPS) is 19.3. The lowest BCUT2D eigenvalue weighted by Crippen LogP contribution is -2.42. The van der Waals surface area contributed by atoms with E-state index in [9.17, 15) is 9.59 Å². The van der Waals surface area contributed by atoms with Crippen molar-refractivity contribution in [2.75, 3.05) is 19.6 Å². The summed E-state index contributed by atoms with van der Waals surface area (Å²) in [6.45, 7) is 3.16. The Balaban J connectivity index is 1.36. The van der Waals surface area contributed by atoms with Crippen molar-refractivity contribution in [1.82, 2.24) is 29.9 Å². The summed E-state index contributed by atoms with van der Waals surface area (Å²) in [5.41, 5.74) is 0.326. The molecule has 2 aliphatic rings. The quantitative estimate of drug-likeness (QED) is 0.748. The largest absolute Gasteiger partial charge is 0.339 e. The predicted molar refractivity (Wildman–Crippen MR) is 93.7 cm³/mol. The number of nitrogens with zero attached hydrogens (tertiary/aromatic N) is 6. The molecule has 0 aromatic carbocycles. The van der Waals surface area contributed by atoms with E-state index in [1.54, 1.807) is 16.7 Å². The van der Waals surface area contributed by atoms with Crippen molar-refractivity contribution < 1.29 is 14.1 Å². The van der Waals surface area contributed by atoms with E-state index >= 15 is 0 Å². The smallest absolute Gasteiger partial charge is 0.274 e. The van der Waals surface area contributed by atoms with Gasteiger partial charge < -0.3 is 14.3 Å². The first-order valence-electron chi connectivity index (χ1n) is 9.27. The van der Waals surface area contributed by atoms with Crippen LogP contribution in [-0.2, 0) is 11.2 Å². The molecule has 1 aliphatic heterocycles. The highest BCUT2D eigenvalue weighted by molar-refractivity contribution is 5.92. The van der Waals surface area contributed by atoms with E-state index in [1.807, 2.05) is 0 Å². The van der Waals surface area contributed by atoms with Crippen LogP contribution < -0.4 is 0 Å². The van der Waals surface area contributed by atoms with E-state index in [4.69, 9.17) is 4.52 Å². The van der Waals surface area contributed by atoms with Crippen LogP contribution in [0, 0.1) is 0 Å². The fourth-order valence-electron chi connectivity index (χ4n) is 3.43. The topological polar surface area (TPSA) is 105 Å². The minimum absolute atomic E-state index is 0.0142. The third kappa shape index (κ3) is 3.96. The molecule has 2 aromatic heterocycles. The van der Waals surface area contributed by atoms with Gasteiger partial charge in [-0.05, 0) is 19.3 Å². The summed E-state index contributed by atoms with van der Waals surface area (Å²) in [4.78, 5) is 40.6. The summed E-state index contributed by atoms with van der Waals surface area (Å²) in [6.07, 6.45) is 8.01. The first-order valence-corrected chi connectivity index (χ1v) is 9.27. The molecule has 9 nitrogen and oxygen atoms in total. The Morgan fingerprint density at radius 1 is 1.30 bits per heavy atom. The molecule has 4 rings (SSSR count). The molecular formula is C18H22N6O3. The third-order valence-corrected chi connectivity index (χ3v) is 5.06. The zero-order valence-corrected chi connectivity index (χ0v) is 15.2. The van der Waals surface area contributed by atoms with E-state index in [1.165, 1.54) is 18.6 Å². The van der Waals surface area contributed by atoms with Crippen LogP contribution in [0.2, 0.25) is 0 Å². The number of amides is 2. The first-order chi connectivity index (χ1) is 13.1. The number of hydrogen-bond donors (Lipinski definition) is 0. The number of rotatable bonds is 6. The molecule has 1 saturated heterocycles. The van der Waals surface area contributed by atoms with Gasteiger partial charge in [-0.3, -0.25) is 14.6 Å². The highest BCUT2D eigenvalue weighted by atomic mass is 16.5. The zero-order chi connectivity index (χ0) is 18.8. The van der Waals surface area contributed by atoms with E-state index in [2.05, 4.69) is 20.1 Å². The molecule has 1 aliphatic carbocycles. The van der Waals surface area contributed by atoms with Gasteiger partial charge in [-0.1, -0.05) is 5.16 Å². The summed E-state index contributed by atoms with van der Waals surface area (Å²) in [5, 5.41) is 4.01. The highest BCUT2D eigenvalue weighted by Crippen LogP contribution is 2.38. The minimum atomic E-state index is -0.152. The molecule has 2 fully saturated rings.